The van der Waals surface area contributed by atoms with Gasteiger partial charge in [0.2, 0.25) is 0 Å². The fraction of sp³-hybridized carbons (Fsp3) is 1.00. The van der Waals surface area contributed by atoms with Crippen molar-refractivity contribution in [1.29, 1.82) is 0 Å². The van der Waals surface area contributed by atoms with Crippen LogP contribution in [0.3, 0.4) is 0 Å². The van der Waals surface area contributed by atoms with Gasteiger partial charge in [-0.15, -0.1) is 0 Å². The Morgan fingerprint density at radius 2 is 0.654 bits per heavy atom. The zero-order valence-corrected chi connectivity index (χ0v) is 35.4. The molecule has 0 saturated carbocycles. The lowest BCUT2D eigenvalue weighted by molar-refractivity contribution is -0.527. The lowest BCUT2D eigenvalue weighted by Gasteiger charge is -2.39. The molecule has 0 aromatic heterocycles. The highest BCUT2D eigenvalue weighted by atomic mass is 28.5. The van der Waals surface area contributed by atoms with Gasteiger partial charge in [0.15, 0.2) is 36.2 Å². The summed E-state index contributed by atoms with van der Waals surface area (Å²) in [5.74, 6) is -17.6. The Morgan fingerprint density at radius 3 is 0.904 bits per heavy atom. The van der Waals surface area contributed by atoms with E-state index in [4.69, 9.17) is 16.5 Å². The van der Waals surface area contributed by atoms with Gasteiger partial charge < -0.3 is 21.2 Å². The predicted octanol–water partition coefficient (Wildman–Crippen LogP) is 9.90. The van der Waals surface area contributed by atoms with E-state index in [-0.39, 0.29) is 0 Å². The minimum Gasteiger partial charge on any atom is -0.436 e. The van der Waals surface area contributed by atoms with Gasteiger partial charge in [-0.2, -0.15) is 61.5 Å². The number of alkyl halides is 16. The smallest absolute Gasteiger partial charge is 0.436 e. The van der Waals surface area contributed by atoms with Crippen molar-refractivity contribution >= 4 is 53.3 Å². The molecule has 310 valence electrons. The van der Waals surface area contributed by atoms with E-state index in [9.17, 15) is 57.1 Å². The summed E-state index contributed by atoms with van der Waals surface area (Å²) in [6, 6.07) is -2.21. The maximum atomic E-state index is 15.2. The average Bonchev–Trinajstić information content (AvgIpc) is 2.85. The molecule has 0 aromatic carbocycles. The normalized spacial score (nSPS) is 18.3. The number of hydrogen-bond acceptors (Lipinski definition) is 7. The van der Waals surface area contributed by atoms with E-state index in [1.807, 2.05) is 0 Å². The maximum Gasteiger partial charge on any atom is 0.451 e. The van der Waals surface area contributed by atoms with Crippen molar-refractivity contribution in [2.75, 3.05) is 6.61 Å². The third-order valence-corrected chi connectivity index (χ3v) is 21.9. The summed E-state index contributed by atoms with van der Waals surface area (Å²) < 4.78 is 258. The molecule has 0 aliphatic heterocycles. The van der Waals surface area contributed by atoms with Crippen LogP contribution in [0.25, 0.3) is 0 Å². The average molecular weight is 901 g/mol. The van der Waals surface area contributed by atoms with Gasteiger partial charge in [0.1, 0.15) is 6.61 Å². The van der Waals surface area contributed by atoms with Crippen LogP contribution in [-0.2, 0) is 30.7 Å². The Balaban J connectivity index is 6.61. The van der Waals surface area contributed by atoms with Crippen molar-refractivity contribution in [2.24, 2.45) is 0 Å². The summed E-state index contributed by atoms with van der Waals surface area (Å²) >= 11 is 0. The molecule has 29 heteroatoms. The summed E-state index contributed by atoms with van der Waals surface area (Å²) in [6.45, 7) is 10.6. The van der Waals surface area contributed by atoms with Crippen LogP contribution in [-0.4, -0.2) is 108 Å². The highest BCUT2D eigenvalue weighted by Crippen LogP contribution is 2.51. The molecule has 0 spiro atoms. The van der Waals surface area contributed by atoms with Gasteiger partial charge >= 0.3 is 65.4 Å². The maximum absolute atomic E-state index is 15.2. The Hall–Kier alpha value is -0.0987. The first-order valence-electron chi connectivity index (χ1n) is 14.7. The second-order valence-corrected chi connectivity index (χ2v) is 28.6. The second kappa shape index (κ2) is 18.0. The summed E-state index contributed by atoms with van der Waals surface area (Å²) in [7, 11) is -14.8. The van der Waals surface area contributed by atoms with E-state index >= 15 is 13.2 Å². The molecule has 0 rings (SSSR count). The molecule has 0 N–H and O–H groups in total. The third-order valence-electron chi connectivity index (χ3n) is 6.16. The molecular formula is C23H40F16O7Si6. The van der Waals surface area contributed by atoms with Crippen LogP contribution in [0, 0.1) is 0 Å². The van der Waals surface area contributed by atoms with Gasteiger partial charge in [-0.25, -0.2) is 8.78 Å². The molecule has 0 heterocycles. The molecule has 0 aliphatic carbocycles. The van der Waals surface area contributed by atoms with Crippen LogP contribution in [0.1, 0.15) is 12.8 Å². The molecule has 3 atom stereocenters. The highest BCUT2D eigenvalue weighted by Gasteiger charge is 2.75. The molecular weight excluding hydrogens is 861 g/mol. The van der Waals surface area contributed by atoms with E-state index in [0.717, 1.165) is 6.55 Å². The van der Waals surface area contributed by atoms with Crippen molar-refractivity contribution in [3.63, 3.8) is 0 Å². The van der Waals surface area contributed by atoms with E-state index in [2.05, 4.69) is 14.2 Å². The Morgan fingerprint density at radius 1 is 0.404 bits per heavy atom. The van der Waals surface area contributed by atoms with Crippen LogP contribution in [0.15, 0.2) is 0 Å². The minimum atomic E-state index is -7.24. The summed E-state index contributed by atoms with van der Waals surface area (Å²) in [4.78, 5) is 0. The zero-order chi connectivity index (χ0) is 41.8. The lowest BCUT2D eigenvalue weighted by Crippen LogP contribution is -2.61. The van der Waals surface area contributed by atoms with Gasteiger partial charge in [-0.05, 0) is 77.6 Å². The van der Waals surface area contributed by atoms with Gasteiger partial charge in [0.25, 0.3) is 0 Å². The van der Waals surface area contributed by atoms with Crippen molar-refractivity contribution in [3.8, 4) is 0 Å². The van der Waals surface area contributed by atoms with Crippen molar-refractivity contribution in [3.05, 3.63) is 0 Å². The molecule has 3 unspecified atom stereocenters. The Labute approximate surface area is 299 Å². The van der Waals surface area contributed by atoms with Crippen LogP contribution in [0.2, 0.25) is 77.6 Å². The van der Waals surface area contributed by atoms with Crippen LogP contribution < -0.4 is 0 Å². The first kappa shape index (κ1) is 51.9. The first-order chi connectivity index (χ1) is 22.7. The van der Waals surface area contributed by atoms with Crippen LogP contribution in [0.4, 0.5) is 70.2 Å². The fourth-order valence-electron chi connectivity index (χ4n) is 4.20. The summed E-state index contributed by atoms with van der Waals surface area (Å²) in [5, 5.41) is 0. The number of hydrogen-bond donors (Lipinski definition) is 0. The van der Waals surface area contributed by atoms with E-state index in [1.54, 1.807) is 0 Å². The summed E-state index contributed by atoms with van der Waals surface area (Å²) in [6.07, 6.45) is -38.6. The number of rotatable bonds is 22. The monoisotopic (exact) mass is 900 g/mol. The highest BCUT2D eigenvalue weighted by molar-refractivity contribution is 6.79. The van der Waals surface area contributed by atoms with Crippen molar-refractivity contribution in [2.45, 2.75) is 139 Å². The first-order valence-corrected chi connectivity index (χ1v) is 29.4. The standard InChI is InChI=1S/C23H40F16O7Si6/c1-47(2)43-51(9,44-48(3)4)13-11-16(24,19(27,28)29)40-15-18(26,21(33,34)35)42-23(38,39)22(36,37)41-17(25,20(30,31)32)12-14-52(10,45-49(5)6)46-50(7)8/h11-15H2,1-10H3. The van der Waals surface area contributed by atoms with Gasteiger partial charge in [0.05, 0.1) is 0 Å². The molecule has 52 heavy (non-hydrogen) atoms. The SMILES string of the molecule is C[Si](C)O[Si](C)(CCC(F)(OCC(F)(OC(F)(F)C(F)(F)OC(F)(CC[Si](C)(O[Si](C)C)O[Si](C)C)C(F)(F)F)C(F)(F)F)C(F)(F)F)O[Si](C)C. The van der Waals surface area contributed by atoms with Crippen molar-refractivity contribution in [1.82, 2.24) is 0 Å². The molecule has 0 bridgehead atoms. The molecule has 0 aromatic rings. The van der Waals surface area contributed by atoms with E-state index < -0.39 is 133 Å². The second-order valence-electron chi connectivity index (χ2n) is 12.5. The van der Waals surface area contributed by atoms with Crippen LogP contribution >= 0.6 is 0 Å². The van der Waals surface area contributed by atoms with Crippen molar-refractivity contribution < 1.29 is 101 Å². The van der Waals surface area contributed by atoms with Gasteiger partial charge in [-0.3, -0.25) is 9.47 Å². The Kier molecular flexibility index (Phi) is 18.0. The molecule has 0 aliphatic rings. The zero-order valence-electron chi connectivity index (χ0n) is 29.4. The molecule has 4 radical (unpaired) electrons. The largest absolute Gasteiger partial charge is 0.451 e. The number of halogens is 16. The topological polar surface area (TPSA) is 64.6 Å². The van der Waals surface area contributed by atoms with E-state index in [1.165, 1.54) is 58.9 Å². The third kappa shape index (κ3) is 15.1. The molecule has 0 fully saturated rings. The molecule has 0 amide bonds. The quantitative estimate of drug-likeness (QED) is 0.0793. The Bertz CT molecular complexity index is 1100. The minimum absolute atomic E-state index is 1.02. The number of ether oxygens (including phenoxy) is 3. The predicted molar refractivity (Wildman–Crippen MR) is 164 cm³/mol. The molecule has 0 saturated heterocycles. The van der Waals surface area contributed by atoms with E-state index in [0.29, 0.717) is 0 Å². The lowest BCUT2D eigenvalue weighted by atomic mass is 10.2. The van der Waals surface area contributed by atoms with Gasteiger partial charge in [0, 0.05) is 12.8 Å². The molecule has 7 nitrogen and oxygen atoms in total. The van der Waals surface area contributed by atoms with Crippen LogP contribution in [0.5, 0.6) is 0 Å². The fourth-order valence-corrected chi connectivity index (χ4v) is 22.3. The van der Waals surface area contributed by atoms with Gasteiger partial charge in [-0.1, -0.05) is 0 Å². The summed E-state index contributed by atoms with van der Waals surface area (Å²) in [5.41, 5.74) is 0.